The lowest BCUT2D eigenvalue weighted by Crippen LogP contribution is -2.46. The van der Waals surface area contributed by atoms with Crippen LogP contribution in [0, 0.1) is 19.8 Å². The van der Waals surface area contributed by atoms with E-state index in [1.54, 1.807) is 18.2 Å². The molecule has 0 unspecified atom stereocenters. The molecule has 1 heterocycles. The average Bonchev–Trinajstić information content (AvgIpc) is 2.71. The fourth-order valence-electron chi connectivity index (χ4n) is 4.07. The lowest BCUT2D eigenvalue weighted by Gasteiger charge is -2.32. The highest BCUT2D eigenvalue weighted by Crippen LogP contribution is 2.29. The van der Waals surface area contributed by atoms with Gasteiger partial charge in [-0.25, -0.2) is 12.7 Å². The molecule has 31 heavy (non-hydrogen) atoms. The van der Waals surface area contributed by atoms with Gasteiger partial charge in [0.1, 0.15) is 0 Å². The van der Waals surface area contributed by atoms with Gasteiger partial charge in [0.25, 0.3) is 0 Å². The van der Waals surface area contributed by atoms with Gasteiger partial charge in [-0.2, -0.15) is 0 Å². The molecule has 0 saturated carbocycles. The highest BCUT2D eigenvalue weighted by Gasteiger charge is 2.33. The summed E-state index contributed by atoms with van der Waals surface area (Å²) in [7, 11) is -3.66. The predicted octanol–water partition coefficient (Wildman–Crippen LogP) is 5.03. The number of rotatable bonds is 6. The quantitative estimate of drug-likeness (QED) is 0.627. The van der Waals surface area contributed by atoms with Crippen LogP contribution >= 0.6 is 23.2 Å². The van der Waals surface area contributed by atoms with E-state index in [1.807, 2.05) is 32.9 Å². The first-order valence-electron chi connectivity index (χ1n) is 10.4. The number of benzene rings is 2. The Balaban J connectivity index is 1.68. The number of sulfonamides is 1. The largest absolute Gasteiger partial charge is 0.349 e. The second-order valence-corrected chi connectivity index (χ2v) is 11.0. The van der Waals surface area contributed by atoms with Crippen LogP contribution in [0.5, 0.6) is 0 Å². The summed E-state index contributed by atoms with van der Waals surface area (Å²) in [6.07, 6.45) is 1.29. The van der Waals surface area contributed by atoms with Crippen molar-refractivity contribution in [1.29, 1.82) is 0 Å². The van der Waals surface area contributed by atoms with Crippen LogP contribution in [0.15, 0.2) is 36.4 Å². The molecule has 1 aliphatic rings. The maximum atomic E-state index is 13.0. The third-order valence-corrected chi connectivity index (χ3v) is 8.27. The number of hydrogen-bond donors (Lipinski definition) is 1. The Morgan fingerprint density at radius 2 is 1.87 bits per heavy atom. The number of nitrogens with one attached hydrogen (secondary N) is 1. The van der Waals surface area contributed by atoms with Gasteiger partial charge in [-0.15, -0.1) is 0 Å². The third-order valence-electron chi connectivity index (χ3n) is 5.79. The van der Waals surface area contributed by atoms with E-state index >= 15 is 0 Å². The van der Waals surface area contributed by atoms with Gasteiger partial charge < -0.3 is 5.32 Å². The van der Waals surface area contributed by atoms with Gasteiger partial charge in [0.05, 0.1) is 17.7 Å². The summed E-state index contributed by atoms with van der Waals surface area (Å²) in [5.74, 6) is -0.791. The molecule has 3 rings (SSSR count). The maximum Gasteiger partial charge on any atom is 0.224 e. The van der Waals surface area contributed by atoms with E-state index in [4.69, 9.17) is 23.2 Å². The molecule has 2 atom stereocenters. The summed E-state index contributed by atoms with van der Waals surface area (Å²) in [4.78, 5) is 12.9. The summed E-state index contributed by atoms with van der Waals surface area (Å²) >= 11 is 12.3. The monoisotopic (exact) mass is 482 g/mol. The molecule has 0 aliphatic carbocycles. The number of nitrogens with zero attached hydrogens (tertiary/aromatic N) is 1. The number of halogens is 2. The first-order chi connectivity index (χ1) is 14.6. The lowest BCUT2D eigenvalue weighted by atomic mass is 9.96. The van der Waals surface area contributed by atoms with Gasteiger partial charge >= 0.3 is 0 Å². The number of carbonyl (C=O) groups excluding carboxylic acids is 1. The zero-order valence-corrected chi connectivity index (χ0v) is 20.3. The van der Waals surface area contributed by atoms with Gasteiger partial charge in [0.15, 0.2) is 0 Å². The van der Waals surface area contributed by atoms with E-state index in [9.17, 15) is 13.2 Å². The molecule has 5 nitrogen and oxygen atoms in total. The minimum atomic E-state index is -3.66. The van der Waals surface area contributed by atoms with Crippen LogP contribution in [0.3, 0.4) is 0 Å². The second-order valence-electron chi connectivity index (χ2n) is 8.24. The molecule has 1 fully saturated rings. The summed E-state index contributed by atoms with van der Waals surface area (Å²) < 4.78 is 27.4. The number of piperidine rings is 1. The van der Waals surface area contributed by atoms with Crippen molar-refractivity contribution in [3.8, 4) is 0 Å². The maximum absolute atomic E-state index is 13.0. The summed E-state index contributed by atoms with van der Waals surface area (Å²) in [6, 6.07) is 10.9. The Bertz CT molecular complexity index is 1050. The van der Waals surface area contributed by atoms with Crippen molar-refractivity contribution in [1.82, 2.24) is 9.62 Å². The van der Waals surface area contributed by atoms with Gasteiger partial charge in [-0.1, -0.05) is 53.0 Å². The van der Waals surface area contributed by atoms with Crippen molar-refractivity contribution < 1.29 is 13.2 Å². The Kier molecular flexibility index (Phi) is 7.68. The Morgan fingerprint density at radius 3 is 2.52 bits per heavy atom. The standard InChI is InChI=1S/C23H28Cl2N2O3S/c1-15-9-10-19(16(2)12-15)17(3)26-23(28)18-6-5-11-27(13-18)31(29,30)14-20-21(24)7-4-8-22(20)25/h4,7-10,12,17-18H,5-6,11,13-14H2,1-3H3,(H,26,28)/t17-,18+/m0/s1. The predicted molar refractivity (Wildman–Crippen MR) is 126 cm³/mol. The average molecular weight is 483 g/mol. The fourth-order valence-corrected chi connectivity index (χ4v) is 6.44. The molecular formula is C23H28Cl2N2O3S. The number of hydrogen-bond acceptors (Lipinski definition) is 3. The van der Waals surface area contributed by atoms with Crippen molar-refractivity contribution in [2.45, 2.75) is 45.4 Å². The topological polar surface area (TPSA) is 66.5 Å². The van der Waals surface area contributed by atoms with Crippen molar-refractivity contribution >= 4 is 39.1 Å². The molecule has 8 heteroatoms. The van der Waals surface area contributed by atoms with E-state index in [0.717, 1.165) is 11.1 Å². The summed E-state index contributed by atoms with van der Waals surface area (Å²) in [5.41, 5.74) is 3.75. The van der Waals surface area contributed by atoms with Gasteiger partial charge in [-0.3, -0.25) is 4.79 Å². The first kappa shape index (κ1) is 24.1. The number of carbonyl (C=O) groups is 1. The minimum Gasteiger partial charge on any atom is -0.349 e. The van der Waals surface area contributed by atoms with E-state index in [0.29, 0.717) is 35.0 Å². The van der Waals surface area contributed by atoms with Gasteiger partial charge in [0.2, 0.25) is 15.9 Å². The van der Waals surface area contributed by atoms with E-state index in [2.05, 4.69) is 11.4 Å². The molecule has 2 aromatic carbocycles. The van der Waals surface area contributed by atoms with Gasteiger partial charge in [0, 0.05) is 28.7 Å². The SMILES string of the molecule is Cc1ccc([C@H](C)NC(=O)[C@@H]2CCCN(S(=O)(=O)Cc3c(Cl)cccc3Cl)C2)c(C)c1. The van der Waals surface area contributed by atoms with Crippen molar-refractivity contribution in [3.63, 3.8) is 0 Å². The zero-order valence-electron chi connectivity index (χ0n) is 18.0. The normalized spacial score (nSPS) is 18.5. The molecule has 0 bridgehead atoms. The van der Waals surface area contributed by atoms with E-state index < -0.39 is 15.9 Å². The smallest absolute Gasteiger partial charge is 0.224 e. The first-order valence-corrected chi connectivity index (χ1v) is 12.7. The minimum absolute atomic E-state index is 0.122. The van der Waals surface area contributed by atoms with Crippen molar-refractivity contribution in [2.24, 2.45) is 5.92 Å². The number of aryl methyl sites for hydroxylation is 2. The van der Waals surface area contributed by atoms with Crippen LogP contribution in [0.4, 0.5) is 0 Å². The molecule has 1 saturated heterocycles. The molecule has 0 spiro atoms. The molecule has 1 amide bonds. The molecule has 0 radical (unpaired) electrons. The highest BCUT2D eigenvalue weighted by molar-refractivity contribution is 7.88. The molecule has 2 aromatic rings. The summed E-state index contributed by atoms with van der Waals surface area (Å²) in [5, 5.41) is 3.71. The fraction of sp³-hybridized carbons (Fsp3) is 0.435. The molecule has 1 aliphatic heterocycles. The van der Waals surface area contributed by atoms with Crippen molar-refractivity contribution in [2.75, 3.05) is 13.1 Å². The third kappa shape index (κ3) is 5.80. The second kappa shape index (κ2) is 9.90. The summed E-state index contributed by atoms with van der Waals surface area (Å²) in [6.45, 7) is 6.57. The van der Waals surface area contributed by atoms with Crippen LogP contribution in [0.1, 0.15) is 48.1 Å². The van der Waals surface area contributed by atoms with Crippen LogP contribution in [0.2, 0.25) is 10.0 Å². The molecule has 168 valence electrons. The van der Waals surface area contributed by atoms with E-state index in [-0.39, 0.29) is 24.2 Å². The van der Waals surface area contributed by atoms with Crippen LogP contribution in [0.25, 0.3) is 0 Å². The Labute approximate surface area is 194 Å². The van der Waals surface area contributed by atoms with Crippen LogP contribution in [-0.2, 0) is 20.6 Å². The Hall–Kier alpha value is -1.60. The Morgan fingerprint density at radius 1 is 1.19 bits per heavy atom. The van der Waals surface area contributed by atoms with Gasteiger partial charge in [-0.05, 0) is 56.9 Å². The van der Waals surface area contributed by atoms with Crippen LogP contribution < -0.4 is 5.32 Å². The molecule has 1 N–H and O–H groups in total. The lowest BCUT2D eigenvalue weighted by molar-refractivity contribution is -0.126. The van der Waals surface area contributed by atoms with Crippen molar-refractivity contribution in [3.05, 3.63) is 68.7 Å². The van der Waals surface area contributed by atoms with E-state index in [1.165, 1.54) is 9.87 Å². The zero-order chi connectivity index (χ0) is 22.8. The molecular weight excluding hydrogens is 455 g/mol. The molecule has 0 aromatic heterocycles. The van der Waals surface area contributed by atoms with Crippen LogP contribution in [-0.4, -0.2) is 31.7 Å². The highest BCUT2D eigenvalue weighted by atomic mass is 35.5. The number of amides is 1.